The molecule has 0 aromatic carbocycles. The number of likely N-dealkylation sites (N-methyl/N-ethyl adjacent to an activating group) is 1. The summed E-state index contributed by atoms with van der Waals surface area (Å²) in [4.78, 5) is 16.8. The van der Waals surface area contributed by atoms with Gasteiger partial charge >= 0.3 is 0 Å². The van der Waals surface area contributed by atoms with E-state index in [4.69, 9.17) is 0 Å². The average molecular weight is 331 g/mol. The Morgan fingerprint density at radius 1 is 1.17 bits per heavy atom. The van der Waals surface area contributed by atoms with E-state index in [9.17, 15) is 4.79 Å². The van der Waals surface area contributed by atoms with E-state index in [0.717, 1.165) is 25.5 Å². The van der Waals surface area contributed by atoms with E-state index in [2.05, 4.69) is 32.4 Å². The lowest BCUT2D eigenvalue weighted by atomic mass is 9.94. The van der Waals surface area contributed by atoms with Crippen LogP contribution in [0.25, 0.3) is 0 Å². The topological polar surface area (TPSA) is 61.4 Å². The highest BCUT2D eigenvalue weighted by Crippen LogP contribution is 2.21. The molecular formula is C18H29N5O. The summed E-state index contributed by atoms with van der Waals surface area (Å²) in [6.45, 7) is 3.61. The van der Waals surface area contributed by atoms with Crippen molar-refractivity contribution in [1.29, 1.82) is 0 Å². The number of amides is 1. The lowest BCUT2D eigenvalue weighted by Gasteiger charge is -2.31. The molecule has 1 aliphatic heterocycles. The van der Waals surface area contributed by atoms with Gasteiger partial charge in [0.15, 0.2) is 11.5 Å². The molecule has 0 atom stereocenters. The predicted molar refractivity (Wildman–Crippen MR) is 95.3 cm³/mol. The van der Waals surface area contributed by atoms with Crippen LogP contribution in [0.5, 0.6) is 0 Å². The molecule has 24 heavy (non-hydrogen) atoms. The zero-order chi connectivity index (χ0) is 16.8. The van der Waals surface area contributed by atoms with Gasteiger partial charge in [-0.3, -0.25) is 4.79 Å². The highest BCUT2D eigenvalue weighted by Gasteiger charge is 2.18. The fraction of sp³-hybridized carbons (Fsp3) is 0.722. The van der Waals surface area contributed by atoms with Crippen molar-refractivity contribution < 1.29 is 4.79 Å². The summed E-state index contributed by atoms with van der Waals surface area (Å²) in [7, 11) is 2.16. The molecule has 1 saturated carbocycles. The average Bonchev–Trinajstić information content (AvgIpc) is 3.17. The van der Waals surface area contributed by atoms with Crippen LogP contribution in [0.1, 0.15) is 55.4 Å². The van der Waals surface area contributed by atoms with Crippen LogP contribution in [0.4, 0.5) is 5.82 Å². The first-order valence-electron chi connectivity index (χ1n) is 9.31. The van der Waals surface area contributed by atoms with Gasteiger partial charge in [-0.05, 0) is 44.9 Å². The first-order valence-corrected chi connectivity index (χ1v) is 9.31. The third kappa shape index (κ3) is 4.44. The number of aromatic nitrogens is 2. The van der Waals surface area contributed by atoms with Crippen LogP contribution < -0.4 is 10.2 Å². The summed E-state index contributed by atoms with van der Waals surface area (Å²) in [5.74, 6) is 0.744. The molecule has 1 amide bonds. The van der Waals surface area contributed by atoms with Crippen molar-refractivity contribution in [1.82, 2.24) is 20.4 Å². The Labute approximate surface area is 144 Å². The minimum Gasteiger partial charge on any atom is -0.355 e. The lowest BCUT2D eigenvalue weighted by molar-refractivity contribution is 0.0938. The van der Waals surface area contributed by atoms with Crippen molar-refractivity contribution in [2.45, 2.75) is 51.0 Å². The fourth-order valence-corrected chi connectivity index (χ4v) is 3.70. The molecule has 6 nitrogen and oxygen atoms in total. The number of nitrogens with one attached hydrogen (secondary N) is 1. The summed E-state index contributed by atoms with van der Waals surface area (Å²) >= 11 is 0. The van der Waals surface area contributed by atoms with Gasteiger partial charge in [0.1, 0.15) is 0 Å². The molecule has 0 bridgehead atoms. The molecule has 6 heteroatoms. The number of hydrogen-bond donors (Lipinski definition) is 1. The second kappa shape index (κ2) is 8.42. The van der Waals surface area contributed by atoms with E-state index in [1.807, 2.05) is 6.07 Å². The van der Waals surface area contributed by atoms with Gasteiger partial charge in [0, 0.05) is 32.2 Å². The second-order valence-corrected chi connectivity index (χ2v) is 7.00. The molecule has 2 fully saturated rings. The van der Waals surface area contributed by atoms with Gasteiger partial charge in [-0.1, -0.05) is 19.3 Å². The minimum absolute atomic E-state index is 0.132. The van der Waals surface area contributed by atoms with Crippen LogP contribution in [0.15, 0.2) is 12.1 Å². The van der Waals surface area contributed by atoms with Crippen molar-refractivity contribution in [2.24, 2.45) is 0 Å². The van der Waals surface area contributed by atoms with E-state index in [0.29, 0.717) is 18.3 Å². The molecule has 1 saturated heterocycles. The van der Waals surface area contributed by atoms with E-state index >= 15 is 0 Å². The third-order valence-corrected chi connectivity index (χ3v) is 5.26. The maximum Gasteiger partial charge on any atom is 0.271 e. The van der Waals surface area contributed by atoms with Crippen molar-refractivity contribution in [2.75, 3.05) is 38.1 Å². The largest absolute Gasteiger partial charge is 0.355 e. The smallest absolute Gasteiger partial charge is 0.271 e. The maximum absolute atomic E-state index is 12.2. The highest BCUT2D eigenvalue weighted by atomic mass is 16.1. The van der Waals surface area contributed by atoms with Crippen molar-refractivity contribution in [3.05, 3.63) is 17.8 Å². The van der Waals surface area contributed by atoms with Crippen molar-refractivity contribution in [3.8, 4) is 0 Å². The minimum atomic E-state index is -0.132. The van der Waals surface area contributed by atoms with E-state index in [1.54, 1.807) is 6.07 Å². The molecule has 0 spiro atoms. The number of anilines is 1. The van der Waals surface area contributed by atoms with Crippen molar-refractivity contribution in [3.63, 3.8) is 0 Å². The molecule has 0 radical (unpaired) electrons. The van der Waals surface area contributed by atoms with Gasteiger partial charge in [-0.2, -0.15) is 0 Å². The molecule has 0 unspecified atom stereocenters. The molecule has 132 valence electrons. The molecule has 1 aliphatic carbocycles. The molecule has 2 heterocycles. The summed E-state index contributed by atoms with van der Waals surface area (Å²) in [6, 6.07) is 4.36. The third-order valence-electron chi connectivity index (χ3n) is 5.26. The van der Waals surface area contributed by atoms with E-state index in [1.165, 1.54) is 44.9 Å². The molecule has 1 N–H and O–H groups in total. The molecule has 2 aliphatic rings. The van der Waals surface area contributed by atoms with Gasteiger partial charge in [0.25, 0.3) is 5.91 Å². The molecule has 1 aromatic heterocycles. The van der Waals surface area contributed by atoms with Crippen LogP contribution in [-0.2, 0) is 0 Å². The first kappa shape index (κ1) is 17.1. The van der Waals surface area contributed by atoms with Gasteiger partial charge in [-0.15, -0.1) is 10.2 Å². The second-order valence-electron chi connectivity index (χ2n) is 7.00. The van der Waals surface area contributed by atoms with Crippen LogP contribution in [0, 0.1) is 0 Å². The number of nitrogens with zero attached hydrogens (tertiary/aromatic N) is 4. The molecule has 3 rings (SSSR count). The van der Waals surface area contributed by atoms with Gasteiger partial charge < -0.3 is 15.1 Å². The number of carbonyl (C=O) groups excluding carboxylic acids is 1. The Balaban J connectivity index is 1.42. The van der Waals surface area contributed by atoms with E-state index < -0.39 is 0 Å². The summed E-state index contributed by atoms with van der Waals surface area (Å²) in [5.41, 5.74) is 0.401. The fourth-order valence-electron chi connectivity index (χ4n) is 3.70. The quantitative estimate of drug-likeness (QED) is 0.865. The molecule has 1 aromatic rings. The van der Waals surface area contributed by atoms with Crippen LogP contribution in [-0.4, -0.2) is 60.3 Å². The normalized spacial score (nSPS) is 19.0. The Morgan fingerprint density at radius 2 is 1.92 bits per heavy atom. The van der Waals surface area contributed by atoms with Crippen LogP contribution in [0.2, 0.25) is 0 Å². The lowest BCUT2D eigenvalue weighted by Crippen LogP contribution is -2.39. The summed E-state index contributed by atoms with van der Waals surface area (Å²) in [6.07, 6.45) is 9.02. The van der Waals surface area contributed by atoms with Crippen molar-refractivity contribution >= 4 is 11.7 Å². The number of rotatable bonds is 6. The highest BCUT2D eigenvalue weighted by molar-refractivity contribution is 5.92. The monoisotopic (exact) mass is 331 g/mol. The SMILES string of the molecule is CN(CCNC(=O)c1ccc(N2CCCC2)nn1)C1CCCCC1. The summed E-state index contributed by atoms with van der Waals surface area (Å²) < 4.78 is 0. The Morgan fingerprint density at radius 3 is 2.58 bits per heavy atom. The van der Waals surface area contributed by atoms with Gasteiger partial charge in [0.2, 0.25) is 0 Å². The predicted octanol–water partition coefficient (Wildman–Crippen LogP) is 2.07. The van der Waals surface area contributed by atoms with Crippen LogP contribution in [0.3, 0.4) is 0 Å². The zero-order valence-electron chi connectivity index (χ0n) is 14.7. The Bertz CT molecular complexity index is 521. The van der Waals surface area contributed by atoms with Gasteiger partial charge in [0.05, 0.1) is 0 Å². The van der Waals surface area contributed by atoms with E-state index in [-0.39, 0.29) is 5.91 Å². The zero-order valence-corrected chi connectivity index (χ0v) is 14.7. The molecular weight excluding hydrogens is 302 g/mol. The Hall–Kier alpha value is -1.69. The number of hydrogen-bond acceptors (Lipinski definition) is 5. The van der Waals surface area contributed by atoms with Gasteiger partial charge in [-0.25, -0.2) is 0 Å². The summed E-state index contributed by atoms with van der Waals surface area (Å²) in [5, 5.41) is 11.3. The Kier molecular flexibility index (Phi) is 6.01. The number of carbonyl (C=O) groups is 1. The maximum atomic E-state index is 12.2. The first-order chi connectivity index (χ1) is 11.7. The standard InChI is InChI=1S/C18H29N5O/c1-22(15-7-3-2-4-8-15)14-11-19-18(24)16-9-10-17(21-20-16)23-12-5-6-13-23/h9-10,15H,2-8,11-14H2,1H3,(H,19,24). The van der Waals surface area contributed by atoms with Crippen LogP contribution >= 0.6 is 0 Å².